The molecule has 3 aromatic rings. The summed E-state index contributed by atoms with van der Waals surface area (Å²) in [5.74, 6) is -0.237. The molecule has 0 radical (unpaired) electrons. The van der Waals surface area contributed by atoms with Gasteiger partial charge in [-0.1, -0.05) is 32.8 Å². The maximum atomic E-state index is 14.6. The van der Waals surface area contributed by atoms with Gasteiger partial charge in [0.15, 0.2) is 28.8 Å². The minimum absolute atomic E-state index is 0.0421. The lowest BCUT2D eigenvalue weighted by atomic mass is 9.84. The maximum absolute atomic E-state index is 14.6. The van der Waals surface area contributed by atoms with Crippen LogP contribution in [0.1, 0.15) is 60.7 Å². The monoisotopic (exact) mass is 686 g/mol. The second-order valence-electron chi connectivity index (χ2n) is 11.7. The Kier molecular flexibility index (Phi) is 12.2. The lowest BCUT2D eigenvalue weighted by Gasteiger charge is -2.39. The predicted octanol–water partition coefficient (Wildman–Crippen LogP) is 4.55. The Morgan fingerprint density at radius 2 is 1.39 bits per heavy atom. The number of aliphatic hydroxyl groups excluding tert-OH is 3. The van der Waals surface area contributed by atoms with E-state index in [0.29, 0.717) is 29.9 Å². The number of hydrogen-bond acceptors (Lipinski definition) is 13. The molecule has 0 spiro atoms. The maximum Gasteiger partial charge on any atom is 0.339 e. The molecule has 49 heavy (non-hydrogen) atoms. The van der Waals surface area contributed by atoms with Gasteiger partial charge in [-0.3, -0.25) is 4.79 Å². The fraction of sp³-hybridized carbons (Fsp3) is 0.500. The smallest absolute Gasteiger partial charge is 0.339 e. The number of fused-ring (bicyclic) bond motifs is 1. The number of aliphatic hydroxyl groups is 3. The zero-order valence-corrected chi connectivity index (χ0v) is 29.3. The van der Waals surface area contributed by atoms with E-state index < -0.39 is 42.5 Å². The number of rotatable bonds is 14. The van der Waals surface area contributed by atoms with Gasteiger partial charge in [-0.2, -0.15) is 0 Å². The summed E-state index contributed by atoms with van der Waals surface area (Å²) in [6.07, 6.45) is -5.91. The van der Waals surface area contributed by atoms with Gasteiger partial charge in [0.05, 0.1) is 59.9 Å². The first-order chi connectivity index (χ1) is 23.5. The van der Waals surface area contributed by atoms with E-state index in [4.69, 9.17) is 37.9 Å². The van der Waals surface area contributed by atoms with E-state index in [9.17, 15) is 24.9 Å². The third kappa shape index (κ3) is 6.93. The van der Waals surface area contributed by atoms with Gasteiger partial charge in [-0.05, 0) is 36.6 Å². The molecule has 5 unspecified atom stereocenters. The molecule has 1 heterocycles. The summed E-state index contributed by atoms with van der Waals surface area (Å²) in [5, 5.41) is 32.6. The van der Waals surface area contributed by atoms with E-state index in [-0.39, 0.29) is 62.8 Å². The molecule has 0 bridgehead atoms. The molecule has 268 valence electrons. The largest absolute Gasteiger partial charge is 0.493 e. The van der Waals surface area contributed by atoms with E-state index in [1.807, 2.05) is 13.8 Å². The van der Waals surface area contributed by atoms with Crippen molar-refractivity contribution in [2.45, 2.75) is 70.7 Å². The summed E-state index contributed by atoms with van der Waals surface area (Å²) in [4.78, 5) is 28.7. The third-order valence-electron chi connectivity index (χ3n) is 9.06. The average Bonchev–Trinajstić information content (AvgIpc) is 3.12. The normalized spacial score (nSPS) is 20.6. The molecule has 5 atom stereocenters. The van der Waals surface area contributed by atoms with Crippen molar-refractivity contribution < 1.29 is 62.8 Å². The Labute approximate surface area is 285 Å². The van der Waals surface area contributed by atoms with Crippen LogP contribution < -0.4 is 28.4 Å². The van der Waals surface area contributed by atoms with E-state index in [1.165, 1.54) is 49.6 Å². The summed E-state index contributed by atoms with van der Waals surface area (Å²) in [6, 6.07) is 6.57. The first kappa shape index (κ1) is 37.5. The molecule has 0 saturated carbocycles. The van der Waals surface area contributed by atoms with Gasteiger partial charge in [0.2, 0.25) is 12.0 Å². The number of ketones is 1. The first-order valence-corrected chi connectivity index (χ1v) is 16.0. The number of benzene rings is 3. The average molecular weight is 687 g/mol. The Morgan fingerprint density at radius 1 is 0.755 bits per heavy atom. The van der Waals surface area contributed by atoms with Crippen molar-refractivity contribution in [1.29, 1.82) is 0 Å². The molecule has 0 aliphatic carbocycles. The summed E-state index contributed by atoms with van der Waals surface area (Å²) < 4.78 is 45.9. The van der Waals surface area contributed by atoms with Gasteiger partial charge in [-0.25, -0.2) is 4.79 Å². The molecule has 3 N–H and O–H groups in total. The van der Waals surface area contributed by atoms with E-state index in [0.717, 1.165) is 0 Å². The van der Waals surface area contributed by atoms with Crippen LogP contribution in [-0.2, 0) is 9.47 Å². The van der Waals surface area contributed by atoms with Gasteiger partial charge in [0.1, 0.15) is 24.1 Å². The van der Waals surface area contributed by atoms with Crippen molar-refractivity contribution in [2.24, 2.45) is 5.92 Å². The Morgan fingerprint density at radius 3 is 1.94 bits per heavy atom. The topological polar surface area (TPSA) is 169 Å². The number of methoxy groups -OCH3 is 6. The van der Waals surface area contributed by atoms with Crippen LogP contribution in [0, 0.1) is 5.92 Å². The lowest BCUT2D eigenvalue weighted by molar-refractivity contribution is -0.267. The predicted molar refractivity (Wildman–Crippen MR) is 179 cm³/mol. The van der Waals surface area contributed by atoms with Gasteiger partial charge < -0.3 is 53.2 Å². The molecule has 1 aliphatic rings. The number of esters is 1. The highest BCUT2D eigenvalue weighted by molar-refractivity contribution is 6.21. The minimum atomic E-state index is -1.74. The van der Waals surface area contributed by atoms with Crippen molar-refractivity contribution in [3.63, 3.8) is 0 Å². The van der Waals surface area contributed by atoms with Gasteiger partial charge in [-0.15, -0.1) is 0 Å². The second kappa shape index (κ2) is 15.9. The van der Waals surface area contributed by atoms with Crippen molar-refractivity contribution in [1.82, 2.24) is 0 Å². The summed E-state index contributed by atoms with van der Waals surface area (Å²) in [7, 11) is 8.42. The highest BCUT2D eigenvalue weighted by Gasteiger charge is 2.44. The van der Waals surface area contributed by atoms with Crippen LogP contribution in [0.4, 0.5) is 0 Å². The molecule has 13 nitrogen and oxygen atoms in total. The van der Waals surface area contributed by atoms with Gasteiger partial charge in [0, 0.05) is 22.8 Å². The van der Waals surface area contributed by atoms with Crippen LogP contribution in [0.3, 0.4) is 0 Å². The van der Waals surface area contributed by atoms with Crippen molar-refractivity contribution in [3.8, 4) is 45.6 Å². The zero-order valence-electron chi connectivity index (χ0n) is 29.3. The summed E-state index contributed by atoms with van der Waals surface area (Å²) >= 11 is 0. The molecule has 3 aromatic carbocycles. The Balaban J connectivity index is 2.29. The lowest BCUT2D eigenvalue weighted by Crippen LogP contribution is -2.58. The molecule has 13 heteroatoms. The van der Waals surface area contributed by atoms with Gasteiger partial charge in [0.25, 0.3) is 0 Å². The highest BCUT2D eigenvalue weighted by Crippen LogP contribution is 2.53. The molecule has 1 saturated heterocycles. The van der Waals surface area contributed by atoms with E-state index >= 15 is 0 Å². The molecule has 0 aromatic heterocycles. The third-order valence-corrected chi connectivity index (χ3v) is 9.06. The SMILES string of the molecule is CCC(CC)CC(=O)c1c(C(=O)OC)c(-c2ccc(OC)c(OC)c2)c2c(OC)c(OC)c(OC)cc2c1OC1OC(C)C(O)C(O)C1O. The zero-order chi connectivity index (χ0) is 36.2. The van der Waals surface area contributed by atoms with Crippen LogP contribution in [0.2, 0.25) is 0 Å². The Bertz CT molecular complexity index is 1670. The molecule has 1 fully saturated rings. The Hall–Kier alpha value is -4.30. The van der Waals surface area contributed by atoms with Crippen LogP contribution >= 0.6 is 0 Å². The second-order valence-corrected chi connectivity index (χ2v) is 11.7. The highest BCUT2D eigenvalue weighted by atomic mass is 16.7. The summed E-state index contributed by atoms with van der Waals surface area (Å²) in [6.45, 7) is 5.44. The van der Waals surface area contributed by atoms with Crippen LogP contribution in [-0.4, -0.2) is 100 Å². The molecule has 1 aliphatic heterocycles. The number of hydrogen-bond donors (Lipinski definition) is 3. The van der Waals surface area contributed by atoms with Crippen LogP contribution in [0.15, 0.2) is 24.3 Å². The fourth-order valence-electron chi connectivity index (χ4n) is 6.23. The quantitative estimate of drug-likeness (QED) is 0.160. The van der Waals surface area contributed by atoms with Gasteiger partial charge >= 0.3 is 5.97 Å². The first-order valence-electron chi connectivity index (χ1n) is 16.0. The van der Waals surface area contributed by atoms with Crippen molar-refractivity contribution in [2.75, 3.05) is 42.7 Å². The molecule has 0 amide bonds. The van der Waals surface area contributed by atoms with E-state index in [1.54, 1.807) is 24.3 Å². The van der Waals surface area contributed by atoms with Crippen LogP contribution in [0.5, 0.6) is 34.5 Å². The standard InChI is InChI=1S/C36H46O13/c1-10-18(11-2)14-21(37)27-28(35(41)47-9)25(19-12-13-22(42-4)23(15-19)43-5)26-20(16-24(44-6)33(45-7)34(26)46-8)32(27)49-36-31(40)30(39)29(38)17(3)48-36/h12-13,15-18,29-31,36,38-40H,10-11,14H2,1-9H3. The number of Topliss-reactive ketones (excluding diaryl/α,β-unsaturated/α-hetero) is 1. The fourth-order valence-corrected chi connectivity index (χ4v) is 6.23. The van der Waals surface area contributed by atoms with Crippen LogP contribution in [0.25, 0.3) is 21.9 Å². The van der Waals surface area contributed by atoms with Crippen molar-refractivity contribution >= 4 is 22.5 Å². The number of ether oxygens (including phenoxy) is 8. The number of carbonyl (C=O) groups excluding carboxylic acids is 2. The summed E-state index contributed by atoms with van der Waals surface area (Å²) in [5.41, 5.74) is 0.361. The molecule has 4 rings (SSSR count). The van der Waals surface area contributed by atoms with Crippen molar-refractivity contribution in [3.05, 3.63) is 35.4 Å². The molecular formula is C36H46O13. The minimum Gasteiger partial charge on any atom is -0.493 e. The number of carbonyl (C=O) groups is 2. The molecular weight excluding hydrogens is 640 g/mol. The van der Waals surface area contributed by atoms with E-state index in [2.05, 4.69) is 0 Å².